The number of aromatic nitrogens is 1. The van der Waals surface area contributed by atoms with Gasteiger partial charge in [0.2, 0.25) is 0 Å². The fourth-order valence-corrected chi connectivity index (χ4v) is 3.66. The quantitative estimate of drug-likeness (QED) is 0.938. The van der Waals surface area contributed by atoms with Gasteiger partial charge in [0.1, 0.15) is 0 Å². The van der Waals surface area contributed by atoms with E-state index in [-0.39, 0.29) is 0 Å². The van der Waals surface area contributed by atoms with Crippen molar-refractivity contribution in [1.82, 2.24) is 4.98 Å². The zero-order chi connectivity index (χ0) is 10.7. The zero-order valence-corrected chi connectivity index (χ0v) is 11.3. The summed E-state index contributed by atoms with van der Waals surface area (Å²) in [7, 11) is 0. The number of thiophene rings is 1. The second kappa shape index (κ2) is 5.21. The first-order valence-electron chi connectivity index (χ1n) is 4.70. The van der Waals surface area contributed by atoms with Gasteiger partial charge in [-0.15, -0.1) is 22.7 Å². The highest BCUT2D eigenvalue weighted by molar-refractivity contribution is 9.11. The van der Waals surface area contributed by atoms with Crippen LogP contribution in [0.25, 0.3) is 9.75 Å². The Balaban J connectivity index is 2.13. The first-order chi connectivity index (χ1) is 7.29. The van der Waals surface area contributed by atoms with Crippen LogP contribution in [-0.4, -0.2) is 11.5 Å². The smallest absolute Gasteiger partial charge is 0.0932 e. The van der Waals surface area contributed by atoms with Crippen molar-refractivity contribution in [3.63, 3.8) is 0 Å². The Morgan fingerprint density at radius 3 is 2.80 bits per heavy atom. The van der Waals surface area contributed by atoms with Gasteiger partial charge in [0.25, 0.3) is 0 Å². The predicted octanol–water partition coefficient (Wildman–Crippen LogP) is 3.53. The van der Waals surface area contributed by atoms with Crippen molar-refractivity contribution in [1.29, 1.82) is 0 Å². The van der Waals surface area contributed by atoms with Gasteiger partial charge in [-0.1, -0.05) is 0 Å². The van der Waals surface area contributed by atoms with Crippen LogP contribution in [0.3, 0.4) is 0 Å². The molecule has 0 aliphatic heterocycles. The van der Waals surface area contributed by atoms with Gasteiger partial charge in [0.05, 0.1) is 13.7 Å². The third-order valence-electron chi connectivity index (χ3n) is 1.96. The van der Waals surface area contributed by atoms with Gasteiger partial charge >= 0.3 is 0 Å². The molecule has 2 N–H and O–H groups in total. The molecule has 0 bridgehead atoms. The third kappa shape index (κ3) is 2.87. The van der Waals surface area contributed by atoms with Gasteiger partial charge in [0.15, 0.2) is 0 Å². The molecule has 5 heteroatoms. The van der Waals surface area contributed by atoms with Crippen molar-refractivity contribution < 1.29 is 0 Å². The molecule has 0 aliphatic carbocycles. The first-order valence-corrected chi connectivity index (χ1v) is 7.12. The van der Waals surface area contributed by atoms with Crippen LogP contribution in [0, 0.1) is 0 Å². The molecule has 15 heavy (non-hydrogen) atoms. The molecule has 0 radical (unpaired) electrons. The summed E-state index contributed by atoms with van der Waals surface area (Å²) >= 11 is 6.97. The Hall–Kier alpha value is -0.230. The van der Waals surface area contributed by atoms with Gasteiger partial charge in [-0.3, -0.25) is 0 Å². The molecule has 2 rings (SSSR count). The van der Waals surface area contributed by atoms with Crippen molar-refractivity contribution in [2.24, 2.45) is 5.73 Å². The van der Waals surface area contributed by atoms with E-state index in [0.29, 0.717) is 0 Å². The summed E-state index contributed by atoms with van der Waals surface area (Å²) in [6.45, 7) is 0.736. The summed E-state index contributed by atoms with van der Waals surface area (Å²) < 4.78 is 1.16. The maximum atomic E-state index is 5.47. The fourth-order valence-electron chi connectivity index (χ4n) is 1.24. The van der Waals surface area contributed by atoms with E-state index < -0.39 is 0 Å². The van der Waals surface area contributed by atoms with Gasteiger partial charge in [-0.05, 0) is 41.0 Å². The van der Waals surface area contributed by atoms with Crippen molar-refractivity contribution in [3.05, 3.63) is 27.1 Å². The highest BCUT2D eigenvalue weighted by atomic mass is 79.9. The van der Waals surface area contributed by atoms with Crippen LogP contribution < -0.4 is 5.73 Å². The molecule has 0 saturated heterocycles. The molecule has 2 aromatic heterocycles. The van der Waals surface area contributed by atoms with Crippen LogP contribution in [0.15, 0.2) is 22.1 Å². The number of rotatable bonds is 4. The molecule has 0 atom stereocenters. The van der Waals surface area contributed by atoms with Crippen LogP contribution in [0.5, 0.6) is 0 Å². The fraction of sp³-hybridized carbons (Fsp3) is 0.300. The van der Waals surface area contributed by atoms with E-state index in [1.54, 1.807) is 22.7 Å². The second-order valence-electron chi connectivity index (χ2n) is 3.11. The van der Waals surface area contributed by atoms with E-state index in [4.69, 9.17) is 5.73 Å². The number of hydrogen-bond donors (Lipinski definition) is 1. The minimum atomic E-state index is 0.736. The average molecular weight is 303 g/mol. The Kier molecular flexibility index (Phi) is 3.91. The lowest BCUT2D eigenvalue weighted by atomic mass is 10.3. The molecule has 2 heterocycles. The normalized spacial score (nSPS) is 10.8. The minimum Gasteiger partial charge on any atom is -0.330 e. The summed E-state index contributed by atoms with van der Waals surface area (Å²) in [6.07, 6.45) is 3.96. The van der Waals surface area contributed by atoms with Crippen molar-refractivity contribution in [2.75, 3.05) is 6.54 Å². The highest BCUT2D eigenvalue weighted by Crippen LogP contribution is 2.34. The van der Waals surface area contributed by atoms with Gasteiger partial charge in [-0.2, -0.15) is 0 Å². The molecule has 80 valence electrons. The van der Waals surface area contributed by atoms with Crippen molar-refractivity contribution >= 4 is 38.6 Å². The van der Waals surface area contributed by atoms with Gasteiger partial charge in [-0.25, -0.2) is 4.98 Å². The van der Waals surface area contributed by atoms with Gasteiger partial charge < -0.3 is 5.73 Å². The topological polar surface area (TPSA) is 38.9 Å². The monoisotopic (exact) mass is 302 g/mol. The maximum Gasteiger partial charge on any atom is 0.0932 e. The number of halogens is 1. The molecule has 0 saturated carbocycles. The van der Waals surface area contributed by atoms with E-state index in [9.17, 15) is 0 Å². The zero-order valence-electron chi connectivity index (χ0n) is 8.07. The Bertz CT molecular complexity index is 436. The molecular formula is C10H11BrN2S2. The average Bonchev–Trinajstić information content (AvgIpc) is 2.83. The lowest BCUT2D eigenvalue weighted by Crippen LogP contribution is -1.99. The van der Waals surface area contributed by atoms with E-state index >= 15 is 0 Å². The molecule has 0 aliphatic rings. The lowest BCUT2D eigenvalue weighted by molar-refractivity contribution is 0.826. The summed E-state index contributed by atoms with van der Waals surface area (Å²) in [5.74, 6) is 0. The summed E-state index contributed by atoms with van der Waals surface area (Å²) in [6, 6.07) is 4.19. The number of hydrogen-bond acceptors (Lipinski definition) is 4. The minimum absolute atomic E-state index is 0.736. The standard InChI is InChI=1S/C10H11BrN2S2/c11-9-4-3-7(14-9)8-6-13-10(15-8)2-1-5-12/h3-4,6H,1-2,5,12H2. The van der Waals surface area contributed by atoms with E-state index in [0.717, 1.165) is 23.2 Å². The SMILES string of the molecule is NCCCc1ncc(-c2ccc(Br)s2)s1. The predicted molar refractivity (Wildman–Crippen MR) is 70.5 cm³/mol. The largest absolute Gasteiger partial charge is 0.330 e. The van der Waals surface area contributed by atoms with Crippen molar-refractivity contribution in [3.8, 4) is 9.75 Å². The third-order valence-corrected chi connectivity index (χ3v) is 4.84. The van der Waals surface area contributed by atoms with Crippen LogP contribution >= 0.6 is 38.6 Å². The van der Waals surface area contributed by atoms with Crippen LogP contribution in [0.4, 0.5) is 0 Å². The molecule has 0 amide bonds. The summed E-state index contributed by atoms with van der Waals surface area (Å²) in [4.78, 5) is 6.92. The lowest BCUT2D eigenvalue weighted by Gasteiger charge is -1.91. The number of nitrogens with zero attached hydrogens (tertiary/aromatic N) is 1. The van der Waals surface area contributed by atoms with E-state index in [1.807, 2.05) is 6.20 Å². The Labute approximate surface area is 105 Å². The second-order valence-corrected chi connectivity index (χ2v) is 6.69. The number of aryl methyl sites for hydroxylation is 1. The maximum absolute atomic E-state index is 5.47. The Morgan fingerprint density at radius 2 is 2.13 bits per heavy atom. The van der Waals surface area contributed by atoms with E-state index in [1.165, 1.54) is 14.8 Å². The molecular weight excluding hydrogens is 292 g/mol. The molecule has 0 fully saturated rings. The molecule has 0 unspecified atom stereocenters. The van der Waals surface area contributed by atoms with Crippen molar-refractivity contribution in [2.45, 2.75) is 12.8 Å². The molecule has 2 aromatic rings. The first kappa shape index (κ1) is 11.3. The van der Waals surface area contributed by atoms with Crippen LogP contribution in [-0.2, 0) is 6.42 Å². The summed E-state index contributed by atoms with van der Waals surface area (Å²) in [5.41, 5.74) is 5.47. The Morgan fingerprint density at radius 1 is 1.27 bits per heavy atom. The van der Waals surface area contributed by atoms with Gasteiger partial charge in [0, 0.05) is 17.5 Å². The molecule has 0 spiro atoms. The summed E-state index contributed by atoms with van der Waals surface area (Å²) in [5, 5.41) is 1.18. The van der Waals surface area contributed by atoms with E-state index in [2.05, 4.69) is 33.0 Å². The molecule has 2 nitrogen and oxygen atoms in total. The van der Waals surface area contributed by atoms with Crippen LogP contribution in [0.1, 0.15) is 11.4 Å². The molecule has 0 aromatic carbocycles. The highest BCUT2D eigenvalue weighted by Gasteiger charge is 2.06. The number of thiazole rings is 1. The van der Waals surface area contributed by atoms with Crippen LogP contribution in [0.2, 0.25) is 0 Å². The number of nitrogens with two attached hydrogens (primary N) is 1.